The summed E-state index contributed by atoms with van der Waals surface area (Å²) >= 11 is 0. The Balaban J connectivity index is 1.83. The number of hydrazine groups is 1. The first-order valence-electron chi connectivity index (χ1n) is 6.91. The van der Waals surface area contributed by atoms with Gasteiger partial charge >= 0.3 is 0 Å². The van der Waals surface area contributed by atoms with E-state index >= 15 is 0 Å². The summed E-state index contributed by atoms with van der Waals surface area (Å²) in [5.41, 5.74) is 5.32. The molecular formula is C16H17N3O4. The maximum Gasteiger partial charge on any atom is 0.276 e. The van der Waals surface area contributed by atoms with Gasteiger partial charge < -0.3 is 9.30 Å². The lowest BCUT2D eigenvalue weighted by Gasteiger charge is -2.09. The predicted octanol–water partition coefficient (Wildman–Crippen LogP) is 0.534. The van der Waals surface area contributed by atoms with Crippen molar-refractivity contribution in [3.63, 3.8) is 0 Å². The third-order valence-corrected chi connectivity index (χ3v) is 3.04. The lowest BCUT2D eigenvalue weighted by atomic mass is 10.2. The van der Waals surface area contributed by atoms with E-state index in [0.717, 1.165) is 5.56 Å². The summed E-state index contributed by atoms with van der Waals surface area (Å²) < 4.78 is 6.64. The molecule has 0 saturated carbocycles. The highest BCUT2D eigenvalue weighted by molar-refractivity contribution is 5.95. The van der Waals surface area contributed by atoms with Gasteiger partial charge in [-0.1, -0.05) is 12.1 Å². The molecule has 7 heteroatoms. The fourth-order valence-electron chi connectivity index (χ4n) is 1.78. The van der Waals surface area contributed by atoms with Gasteiger partial charge in [-0.15, -0.1) is 0 Å². The molecule has 23 heavy (non-hydrogen) atoms. The van der Waals surface area contributed by atoms with E-state index in [-0.39, 0.29) is 17.7 Å². The molecule has 0 aliphatic heterocycles. The van der Waals surface area contributed by atoms with Crippen molar-refractivity contribution in [2.75, 3.05) is 6.61 Å². The lowest BCUT2D eigenvalue weighted by molar-refractivity contribution is -0.123. The van der Waals surface area contributed by atoms with Gasteiger partial charge in [0.2, 0.25) is 0 Å². The molecule has 1 aromatic heterocycles. The monoisotopic (exact) mass is 315 g/mol. The molecule has 2 N–H and O–H groups in total. The maximum atomic E-state index is 11.8. The average molecular weight is 315 g/mol. The first-order valence-corrected chi connectivity index (χ1v) is 6.91. The van der Waals surface area contributed by atoms with Gasteiger partial charge in [-0.3, -0.25) is 25.2 Å². The Labute approximate surface area is 132 Å². The molecule has 0 spiro atoms. The number of pyridine rings is 1. The molecule has 0 atom stereocenters. The van der Waals surface area contributed by atoms with Gasteiger partial charge in [-0.2, -0.15) is 0 Å². The predicted molar refractivity (Wildman–Crippen MR) is 84.0 cm³/mol. The molecule has 7 nitrogen and oxygen atoms in total. The Bertz CT molecular complexity index is 783. The van der Waals surface area contributed by atoms with Crippen molar-refractivity contribution in [3.05, 3.63) is 64.1 Å². The standard InChI is InChI=1S/C16H17N3O4/c1-11-4-3-5-13(8-11)23-10-14(20)17-18-16(22)12-6-7-19(2)15(21)9-12/h3-9H,10H2,1-2H3,(H,17,20)(H,18,22). The van der Waals surface area contributed by atoms with E-state index in [1.165, 1.54) is 22.9 Å². The molecule has 0 unspecified atom stereocenters. The van der Waals surface area contributed by atoms with E-state index in [9.17, 15) is 14.4 Å². The zero-order valence-corrected chi connectivity index (χ0v) is 12.8. The van der Waals surface area contributed by atoms with Gasteiger partial charge in [-0.25, -0.2) is 0 Å². The van der Waals surface area contributed by atoms with Crippen molar-refractivity contribution in [3.8, 4) is 5.75 Å². The van der Waals surface area contributed by atoms with Crippen LogP contribution in [0.2, 0.25) is 0 Å². The molecule has 2 amide bonds. The van der Waals surface area contributed by atoms with Crippen molar-refractivity contribution >= 4 is 11.8 Å². The van der Waals surface area contributed by atoms with E-state index in [4.69, 9.17) is 4.74 Å². The van der Waals surface area contributed by atoms with Crippen LogP contribution in [0, 0.1) is 6.92 Å². The van der Waals surface area contributed by atoms with Crippen LogP contribution in [0.3, 0.4) is 0 Å². The number of hydrogen-bond donors (Lipinski definition) is 2. The van der Waals surface area contributed by atoms with Gasteiger partial charge in [0.05, 0.1) is 0 Å². The number of hydrogen-bond acceptors (Lipinski definition) is 4. The van der Waals surface area contributed by atoms with Crippen molar-refractivity contribution in [1.29, 1.82) is 0 Å². The highest BCUT2D eigenvalue weighted by atomic mass is 16.5. The van der Waals surface area contributed by atoms with E-state index in [1.54, 1.807) is 19.2 Å². The molecule has 2 aromatic rings. The number of aromatic nitrogens is 1. The number of rotatable bonds is 4. The second-order valence-electron chi connectivity index (χ2n) is 4.97. The largest absolute Gasteiger partial charge is 0.484 e. The van der Waals surface area contributed by atoms with E-state index < -0.39 is 11.8 Å². The minimum absolute atomic E-state index is 0.160. The normalized spacial score (nSPS) is 10.0. The van der Waals surface area contributed by atoms with Crippen LogP contribution < -0.4 is 21.1 Å². The summed E-state index contributed by atoms with van der Waals surface area (Å²) in [4.78, 5) is 34.9. The minimum atomic E-state index is -0.577. The Morgan fingerprint density at radius 2 is 1.96 bits per heavy atom. The maximum absolute atomic E-state index is 11.8. The average Bonchev–Trinajstić information content (AvgIpc) is 2.53. The molecule has 1 heterocycles. The van der Waals surface area contributed by atoms with Gasteiger partial charge in [0, 0.05) is 24.9 Å². The number of amides is 2. The molecule has 0 aliphatic rings. The van der Waals surface area contributed by atoms with Gasteiger partial charge in [-0.05, 0) is 30.7 Å². The smallest absolute Gasteiger partial charge is 0.276 e. The van der Waals surface area contributed by atoms with E-state index in [2.05, 4.69) is 10.9 Å². The van der Waals surface area contributed by atoms with Crippen LogP contribution in [-0.4, -0.2) is 23.0 Å². The van der Waals surface area contributed by atoms with Crippen LogP contribution in [0.1, 0.15) is 15.9 Å². The van der Waals surface area contributed by atoms with Crippen LogP contribution in [0.15, 0.2) is 47.4 Å². The zero-order valence-electron chi connectivity index (χ0n) is 12.8. The number of nitrogens with zero attached hydrogens (tertiary/aromatic N) is 1. The number of ether oxygens (including phenoxy) is 1. The van der Waals surface area contributed by atoms with Crippen LogP contribution >= 0.6 is 0 Å². The number of carbonyl (C=O) groups is 2. The molecule has 0 fully saturated rings. The Morgan fingerprint density at radius 1 is 1.17 bits per heavy atom. The first kappa shape index (κ1) is 16.3. The van der Waals surface area contributed by atoms with Gasteiger partial charge in [0.1, 0.15) is 5.75 Å². The third-order valence-electron chi connectivity index (χ3n) is 3.04. The molecule has 0 radical (unpaired) electrons. The van der Waals surface area contributed by atoms with Crippen LogP contribution in [0.4, 0.5) is 0 Å². The zero-order chi connectivity index (χ0) is 16.8. The molecular weight excluding hydrogens is 298 g/mol. The van der Waals surface area contributed by atoms with Crippen molar-refractivity contribution in [2.24, 2.45) is 7.05 Å². The molecule has 2 rings (SSSR count). The Morgan fingerprint density at radius 3 is 2.65 bits per heavy atom. The summed E-state index contributed by atoms with van der Waals surface area (Å²) in [6, 6.07) is 9.93. The first-order chi connectivity index (χ1) is 11.0. The molecule has 1 aromatic carbocycles. The molecule has 0 saturated heterocycles. The minimum Gasteiger partial charge on any atom is -0.484 e. The van der Waals surface area contributed by atoms with Crippen LogP contribution in [-0.2, 0) is 11.8 Å². The van der Waals surface area contributed by atoms with Gasteiger partial charge in [0.25, 0.3) is 17.4 Å². The summed E-state index contributed by atoms with van der Waals surface area (Å²) in [7, 11) is 1.58. The van der Waals surface area contributed by atoms with Crippen molar-refractivity contribution in [1.82, 2.24) is 15.4 Å². The summed E-state index contributed by atoms with van der Waals surface area (Å²) in [6.07, 6.45) is 1.47. The Hall–Kier alpha value is -3.09. The van der Waals surface area contributed by atoms with E-state index in [0.29, 0.717) is 5.75 Å². The summed E-state index contributed by atoms with van der Waals surface area (Å²) in [5, 5.41) is 0. The second-order valence-corrected chi connectivity index (χ2v) is 4.97. The fourth-order valence-corrected chi connectivity index (χ4v) is 1.78. The van der Waals surface area contributed by atoms with Crippen LogP contribution in [0.5, 0.6) is 5.75 Å². The highest BCUT2D eigenvalue weighted by Crippen LogP contribution is 2.11. The van der Waals surface area contributed by atoms with E-state index in [1.807, 2.05) is 19.1 Å². The number of benzene rings is 1. The SMILES string of the molecule is Cc1cccc(OCC(=O)NNC(=O)c2ccn(C)c(=O)c2)c1. The number of aryl methyl sites for hydroxylation is 2. The topological polar surface area (TPSA) is 89.4 Å². The van der Waals surface area contributed by atoms with Crippen LogP contribution in [0.25, 0.3) is 0 Å². The number of carbonyl (C=O) groups excluding carboxylic acids is 2. The number of nitrogens with one attached hydrogen (secondary N) is 2. The highest BCUT2D eigenvalue weighted by Gasteiger charge is 2.09. The lowest BCUT2D eigenvalue weighted by Crippen LogP contribution is -2.44. The second kappa shape index (κ2) is 7.26. The van der Waals surface area contributed by atoms with Gasteiger partial charge in [0.15, 0.2) is 6.61 Å². The Kier molecular flexibility index (Phi) is 5.14. The quantitative estimate of drug-likeness (QED) is 0.806. The molecule has 0 aliphatic carbocycles. The summed E-state index contributed by atoms with van der Waals surface area (Å²) in [5.74, 6) is -0.520. The van der Waals surface area contributed by atoms with Crippen molar-refractivity contribution < 1.29 is 14.3 Å². The summed E-state index contributed by atoms with van der Waals surface area (Å²) in [6.45, 7) is 1.68. The molecule has 120 valence electrons. The van der Waals surface area contributed by atoms with Crippen molar-refractivity contribution in [2.45, 2.75) is 6.92 Å². The molecule has 0 bridgehead atoms. The third kappa shape index (κ3) is 4.70. The fraction of sp³-hybridized carbons (Fsp3) is 0.188.